The zero-order valence-electron chi connectivity index (χ0n) is 21.6. The molecule has 0 N–H and O–H groups in total. The van der Waals surface area contributed by atoms with E-state index in [4.69, 9.17) is 8.85 Å². The Labute approximate surface area is 200 Å². The van der Waals surface area contributed by atoms with Gasteiger partial charge in [0.05, 0.1) is 6.10 Å². The van der Waals surface area contributed by atoms with Crippen molar-refractivity contribution in [2.45, 2.75) is 128 Å². The molecule has 11 heteroatoms. The third-order valence-corrected chi connectivity index (χ3v) is 19.1. The van der Waals surface area contributed by atoms with Gasteiger partial charge in [0.2, 0.25) is 8.32 Å². The number of hydrogen-bond donors (Lipinski definition) is 0. The van der Waals surface area contributed by atoms with Gasteiger partial charge in [-0.3, -0.25) is 0 Å². The summed E-state index contributed by atoms with van der Waals surface area (Å²) in [5.41, 5.74) is -4.45. The van der Waals surface area contributed by atoms with Gasteiger partial charge in [-0.2, -0.15) is 21.6 Å². The maximum atomic E-state index is 13.0. The average molecular weight is 533 g/mol. The van der Waals surface area contributed by atoms with E-state index in [0.717, 1.165) is 18.1 Å². The fourth-order valence-electron chi connectivity index (χ4n) is 5.29. The van der Waals surface area contributed by atoms with Gasteiger partial charge in [0, 0.05) is 6.42 Å². The Kier molecular flexibility index (Phi) is 10.8. The van der Waals surface area contributed by atoms with Crippen LogP contribution in [0.4, 0.5) is 13.2 Å². The number of hydrogen-bond acceptors (Lipinski definition) is 5. The van der Waals surface area contributed by atoms with E-state index >= 15 is 0 Å². The Bertz CT molecular complexity index is 732. The van der Waals surface area contributed by atoms with Crippen molar-refractivity contribution in [3.8, 4) is 0 Å². The third kappa shape index (κ3) is 6.86. The highest BCUT2D eigenvalue weighted by Gasteiger charge is 2.51. The molecule has 0 aromatic rings. The first-order valence-electron chi connectivity index (χ1n) is 12.1. The first-order valence-corrected chi connectivity index (χ1v) is 18.2. The molecule has 0 saturated carbocycles. The molecule has 0 fully saturated rings. The van der Waals surface area contributed by atoms with Crippen LogP contribution in [-0.2, 0) is 23.2 Å². The average Bonchev–Trinajstić information content (AvgIpc) is 2.70. The van der Waals surface area contributed by atoms with Crippen LogP contribution < -0.4 is 0 Å². The van der Waals surface area contributed by atoms with Crippen LogP contribution in [0.25, 0.3) is 0 Å². The van der Waals surface area contributed by atoms with Crippen LogP contribution in [0.5, 0.6) is 0 Å². The first kappa shape index (κ1) is 30.7. The standard InChI is InChI=1S/C22H43F3O5SSi2/c1-10-32(11-2,12-3)30-21-15-19(29-33(16(4)5,17(6)7)18(8)9)13-14-20(21)28-31(26,27)22(23,24)25/h14,16-19,21H,10-13,15H2,1-9H3/t19-,21+/m1/s1. The van der Waals surface area contributed by atoms with Crippen LogP contribution >= 0.6 is 0 Å². The molecular formula is C22H43F3O5SSi2. The molecule has 1 aliphatic rings. The van der Waals surface area contributed by atoms with Crippen molar-refractivity contribution in [2.24, 2.45) is 0 Å². The third-order valence-electron chi connectivity index (χ3n) is 7.27. The monoisotopic (exact) mass is 532 g/mol. The number of alkyl halides is 3. The maximum absolute atomic E-state index is 13.0. The molecule has 0 amide bonds. The summed E-state index contributed by atoms with van der Waals surface area (Å²) >= 11 is 0. The van der Waals surface area contributed by atoms with E-state index in [1.165, 1.54) is 6.08 Å². The van der Waals surface area contributed by atoms with Crippen molar-refractivity contribution in [3.05, 3.63) is 11.8 Å². The summed E-state index contributed by atoms with van der Waals surface area (Å²) < 4.78 is 80.5. The van der Waals surface area contributed by atoms with E-state index < -0.39 is 38.4 Å². The summed E-state index contributed by atoms with van der Waals surface area (Å²) in [6, 6.07) is 2.35. The zero-order chi connectivity index (χ0) is 25.8. The highest BCUT2D eigenvalue weighted by Crippen LogP contribution is 2.45. The molecule has 5 nitrogen and oxygen atoms in total. The van der Waals surface area contributed by atoms with Crippen molar-refractivity contribution < 1.29 is 34.6 Å². The van der Waals surface area contributed by atoms with Gasteiger partial charge in [-0.25, -0.2) is 0 Å². The van der Waals surface area contributed by atoms with Gasteiger partial charge in [-0.1, -0.05) is 62.3 Å². The Morgan fingerprint density at radius 1 is 0.939 bits per heavy atom. The molecule has 196 valence electrons. The van der Waals surface area contributed by atoms with E-state index in [2.05, 4.69) is 45.7 Å². The van der Waals surface area contributed by atoms with Gasteiger partial charge < -0.3 is 13.0 Å². The predicted molar refractivity (Wildman–Crippen MR) is 131 cm³/mol. The van der Waals surface area contributed by atoms with E-state index in [-0.39, 0.29) is 18.3 Å². The zero-order valence-corrected chi connectivity index (χ0v) is 24.4. The lowest BCUT2D eigenvalue weighted by Crippen LogP contribution is -2.52. The van der Waals surface area contributed by atoms with E-state index in [0.29, 0.717) is 23.0 Å². The van der Waals surface area contributed by atoms with Crippen LogP contribution in [-0.4, -0.2) is 42.8 Å². The second-order valence-corrected chi connectivity index (χ2v) is 21.6. The van der Waals surface area contributed by atoms with Crippen molar-refractivity contribution in [3.63, 3.8) is 0 Å². The summed E-state index contributed by atoms with van der Waals surface area (Å²) in [7, 11) is -10.3. The molecule has 33 heavy (non-hydrogen) atoms. The van der Waals surface area contributed by atoms with E-state index in [1.807, 2.05) is 20.8 Å². The topological polar surface area (TPSA) is 61.8 Å². The molecule has 0 saturated heterocycles. The van der Waals surface area contributed by atoms with Crippen molar-refractivity contribution >= 4 is 26.8 Å². The molecule has 0 aromatic heterocycles. The molecule has 0 radical (unpaired) electrons. The Morgan fingerprint density at radius 3 is 1.76 bits per heavy atom. The summed E-state index contributed by atoms with van der Waals surface area (Å²) in [6.45, 7) is 19.1. The van der Waals surface area contributed by atoms with E-state index in [1.54, 1.807) is 0 Å². The molecule has 0 unspecified atom stereocenters. The number of halogens is 3. The Hall–Kier alpha value is -0.366. The largest absolute Gasteiger partial charge is 0.534 e. The Morgan fingerprint density at radius 2 is 1.39 bits per heavy atom. The minimum Gasteiger partial charge on any atom is -0.413 e. The van der Waals surface area contributed by atoms with Crippen LogP contribution in [0.3, 0.4) is 0 Å². The van der Waals surface area contributed by atoms with Gasteiger partial charge in [0.1, 0.15) is 11.9 Å². The quantitative estimate of drug-likeness (QED) is 0.148. The van der Waals surface area contributed by atoms with Crippen molar-refractivity contribution in [1.82, 2.24) is 0 Å². The maximum Gasteiger partial charge on any atom is 0.534 e. The SMILES string of the molecule is CC[Si](CC)(CC)O[C@H]1C[C@H](O[Si](C(C)C)(C(C)C)C(C)C)CC=C1OS(=O)(=O)C(F)(F)F. The smallest absolute Gasteiger partial charge is 0.413 e. The lowest BCUT2D eigenvalue weighted by Gasteiger charge is -2.46. The van der Waals surface area contributed by atoms with Crippen LogP contribution in [0.2, 0.25) is 34.8 Å². The summed E-state index contributed by atoms with van der Waals surface area (Å²) in [4.78, 5) is 0. The van der Waals surface area contributed by atoms with Crippen LogP contribution in [0.1, 0.15) is 75.2 Å². The molecule has 0 aliphatic heterocycles. The summed E-state index contributed by atoms with van der Waals surface area (Å²) in [5.74, 6) is -0.259. The second kappa shape index (κ2) is 11.6. The normalized spacial score (nSPS) is 21.1. The minimum atomic E-state index is -5.76. The van der Waals surface area contributed by atoms with E-state index in [9.17, 15) is 21.6 Å². The highest BCUT2D eigenvalue weighted by atomic mass is 32.2. The molecule has 1 aliphatic carbocycles. The van der Waals surface area contributed by atoms with Crippen molar-refractivity contribution in [1.29, 1.82) is 0 Å². The molecule has 0 heterocycles. The van der Waals surface area contributed by atoms with Gasteiger partial charge in [0.25, 0.3) is 0 Å². The van der Waals surface area contributed by atoms with Crippen LogP contribution in [0, 0.1) is 0 Å². The Balaban J connectivity index is 3.37. The molecular weight excluding hydrogens is 489 g/mol. The number of rotatable bonds is 12. The first-order chi connectivity index (χ1) is 15.0. The molecule has 1 rings (SSSR count). The highest BCUT2D eigenvalue weighted by molar-refractivity contribution is 7.87. The van der Waals surface area contributed by atoms with Gasteiger partial charge in [-0.15, -0.1) is 0 Å². The second-order valence-electron chi connectivity index (χ2n) is 9.97. The van der Waals surface area contributed by atoms with Crippen molar-refractivity contribution in [2.75, 3.05) is 0 Å². The minimum absolute atomic E-state index is 0.257. The van der Waals surface area contributed by atoms with Gasteiger partial charge >= 0.3 is 15.6 Å². The fourth-order valence-corrected chi connectivity index (χ4v) is 14.2. The van der Waals surface area contributed by atoms with Gasteiger partial charge in [-0.05, 0) is 47.3 Å². The lowest BCUT2D eigenvalue weighted by atomic mass is 10.0. The lowest BCUT2D eigenvalue weighted by molar-refractivity contribution is -0.0537. The fraction of sp³-hybridized carbons (Fsp3) is 0.909. The molecule has 0 aromatic carbocycles. The van der Waals surface area contributed by atoms with Crippen LogP contribution in [0.15, 0.2) is 11.8 Å². The predicted octanol–water partition coefficient (Wildman–Crippen LogP) is 7.48. The molecule has 2 atom stereocenters. The summed E-state index contributed by atoms with van der Waals surface area (Å²) in [5, 5.41) is 0. The molecule has 0 bridgehead atoms. The summed E-state index contributed by atoms with van der Waals surface area (Å²) in [6.07, 6.45) is 0.886. The van der Waals surface area contributed by atoms with Gasteiger partial charge in [0.15, 0.2) is 8.32 Å². The molecule has 0 spiro atoms.